The zero-order valence-electron chi connectivity index (χ0n) is 12.4. The number of hydrogen-bond donors (Lipinski definition) is 0. The molecule has 1 atom stereocenters. The SMILES string of the molecule is CCOc1ccc(C(C)CCC(C)=O)cc1OCC. The molecule has 0 bridgehead atoms. The van der Waals surface area contributed by atoms with Crippen LogP contribution in [0.5, 0.6) is 11.5 Å². The normalized spacial score (nSPS) is 12.0. The largest absolute Gasteiger partial charge is 0.490 e. The summed E-state index contributed by atoms with van der Waals surface area (Å²) in [6.07, 6.45) is 1.49. The van der Waals surface area contributed by atoms with Gasteiger partial charge in [0.05, 0.1) is 13.2 Å². The van der Waals surface area contributed by atoms with Crippen LogP contribution in [0.2, 0.25) is 0 Å². The van der Waals surface area contributed by atoms with Gasteiger partial charge in [0.25, 0.3) is 0 Å². The lowest BCUT2D eigenvalue weighted by Crippen LogP contribution is -2.02. The van der Waals surface area contributed by atoms with Crippen molar-refractivity contribution < 1.29 is 14.3 Å². The molecular formula is C16H24O3. The Morgan fingerprint density at radius 1 is 1.16 bits per heavy atom. The van der Waals surface area contributed by atoms with Gasteiger partial charge in [-0.3, -0.25) is 0 Å². The second-order valence-corrected chi connectivity index (χ2v) is 4.71. The summed E-state index contributed by atoms with van der Waals surface area (Å²) >= 11 is 0. The Bertz CT molecular complexity index is 412. The highest BCUT2D eigenvalue weighted by Gasteiger charge is 2.11. The van der Waals surface area contributed by atoms with Crippen LogP contribution in [0.4, 0.5) is 0 Å². The minimum absolute atomic E-state index is 0.239. The van der Waals surface area contributed by atoms with Gasteiger partial charge in [0, 0.05) is 6.42 Å². The van der Waals surface area contributed by atoms with Gasteiger partial charge in [0.15, 0.2) is 11.5 Å². The lowest BCUT2D eigenvalue weighted by molar-refractivity contribution is -0.117. The zero-order chi connectivity index (χ0) is 14.3. The van der Waals surface area contributed by atoms with Gasteiger partial charge in [0.1, 0.15) is 5.78 Å². The summed E-state index contributed by atoms with van der Waals surface area (Å²) in [5.74, 6) is 2.16. The van der Waals surface area contributed by atoms with E-state index in [9.17, 15) is 4.79 Å². The molecule has 0 spiro atoms. The Morgan fingerprint density at radius 3 is 2.37 bits per heavy atom. The third-order valence-electron chi connectivity index (χ3n) is 3.07. The molecule has 0 aromatic heterocycles. The van der Waals surface area contributed by atoms with Crippen molar-refractivity contribution in [2.75, 3.05) is 13.2 Å². The Kier molecular flexibility index (Phi) is 6.40. The van der Waals surface area contributed by atoms with E-state index in [-0.39, 0.29) is 5.78 Å². The molecule has 1 unspecified atom stereocenters. The number of Topliss-reactive ketones (excluding diaryl/α,β-unsaturated/α-hetero) is 1. The van der Waals surface area contributed by atoms with Crippen LogP contribution in [0.25, 0.3) is 0 Å². The molecule has 0 aliphatic rings. The second-order valence-electron chi connectivity index (χ2n) is 4.71. The number of ketones is 1. The number of carbonyl (C=O) groups excluding carboxylic acids is 1. The van der Waals surface area contributed by atoms with E-state index in [1.807, 2.05) is 26.0 Å². The highest BCUT2D eigenvalue weighted by Crippen LogP contribution is 2.32. The van der Waals surface area contributed by atoms with E-state index in [1.165, 1.54) is 5.56 Å². The molecule has 0 N–H and O–H groups in total. The third kappa shape index (κ3) is 4.93. The number of benzene rings is 1. The van der Waals surface area contributed by atoms with E-state index in [1.54, 1.807) is 6.92 Å². The van der Waals surface area contributed by atoms with E-state index in [0.29, 0.717) is 25.6 Å². The Balaban J connectivity index is 2.84. The molecule has 1 aromatic carbocycles. The van der Waals surface area contributed by atoms with Crippen molar-refractivity contribution in [1.82, 2.24) is 0 Å². The lowest BCUT2D eigenvalue weighted by atomic mass is 9.95. The molecule has 0 fully saturated rings. The van der Waals surface area contributed by atoms with Crippen LogP contribution in [0.15, 0.2) is 18.2 Å². The molecule has 3 nitrogen and oxygen atoms in total. The zero-order valence-corrected chi connectivity index (χ0v) is 12.4. The van der Waals surface area contributed by atoms with Crippen molar-refractivity contribution in [2.24, 2.45) is 0 Å². The average molecular weight is 264 g/mol. The van der Waals surface area contributed by atoms with E-state index in [4.69, 9.17) is 9.47 Å². The summed E-state index contributed by atoms with van der Waals surface area (Å²) in [7, 11) is 0. The van der Waals surface area contributed by atoms with Crippen molar-refractivity contribution in [3.8, 4) is 11.5 Å². The quantitative estimate of drug-likeness (QED) is 0.713. The number of rotatable bonds is 8. The summed E-state index contributed by atoms with van der Waals surface area (Å²) in [6, 6.07) is 6.03. The molecule has 0 amide bonds. The molecule has 1 aromatic rings. The van der Waals surface area contributed by atoms with Gasteiger partial charge in [0.2, 0.25) is 0 Å². The van der Waals surface area contributed by atoms with Crippen LogP contribution in [0.1, 0.15) is 52.0 Å². The first kappa shape index (κ1) is 15.5. The molecule has 19 heavy (non-hydrogen) atoms. The van der Waals surface area contributed by atoms with E-state index in [0.717, 1.165) is 17.9 Å². The Hall–Kier alpha value is -1.51. The first-order chi connectivity index (χ1) is 9.08. The predicted octanol–water partition coefficient (Wildman–Crippen LogP) is 3.96. The lowest BCUT2D eigenvalue weighted by Gasteiger charge is -2.16. The number of ether oxygens (including phenoxy) is 2. The van der Waals surface area contributed by atoms with Gasteiger partial charge in [-0.1, -0.05) is 13.0 Å². The maximum Gasteiger partial charge on any atom is 0.161 e. The first-order valence-electron chi connectivity index (χ1n) is 6.97. The minimum atomic E-state index is 0.239. The monoisotopic (exact) mass is 264 g/mol. The molecule has 106 valence electrons. The summed E-state index contributed by atoms with van der Waals surface area (Å²) in [5.41, 5.74) is 1.19. The predicted molar refractivity (Wildman–Crippen MR) is 77.1 cm³/mol. The molecule has 0 saturated carbocycles. The number of hydrogen-bond acceptors (Lipinski definition) is 3. The molecule has 3 heteroatoms. The summed E-state index contributed by atoms with van der Waals surface area (Å²) in [4.78, 5) is 11.0. The average Bonchev–Trinajstić information content (AvgIpc) is 2.38. The molecular weight excluding hydrogens is 240 g/mol. The Labute approximate surface area is 115 Å². The van der Waals surface area contributed by atoms with Crippen molar-refractivity contribution in [1.29, 1.82) is 0 Å². The van der Waals surface area contributed by atoms with Crippen LogP contribution < -0.4 is 9.47 Å². The molecule has 0 aliphatic carbocycles. The maximum atomic E-state index is 11.0. The second kappa shape index (κ2) is 7.82. The highest BCUT2D eigenvalue weighted by molar-refractivity contribution is 5.75. The molecule has 0 aliphatic heterocycles. The van der Waals surface area contributed by atoms with Gasteiger partial charge >= 0.3 is 0 Å². The Morgan fingerprint density at radius 2 is 1.79 bits per heavy atom. The van der Waals surface area contributed by atoms with Gasteiger partial charge in [-0.25, -0.2) is 0 Å². The van der Waals surface area contributed by atoms with Crippen LogP contribution >= 0.6 is 0 Å². The third-order valence-corrected chi connectivity index (χ3v) is 3.07. The summed E-state index contributed by atoms with van der Waals surface area (Å²) < 4.78 is 11.2. The van der Waals surface area contributed by atoms with Crippen molar-refractivity contribution in [2.45, 2.75) is 46.5 Å². The molecule has 0 saturated heterocycles. The van der Waals surface area contributed by atoms with E-state index in [2.05, 4.69) is 13.0 Å². The molecule has 0 radical (unpaired) electrons. The van der Waals surface area contributed by atoms with Crippen molar-refractivity contribution >= 4 is 5.78 Å². The van der Waals surface area contributed by atoms with Gasteiger partial charge < -0.3 is 14.3 Å². The van der Waals surface area contributed by atoms with Crippen LogP contribution in [-0.4, -0.2) is 19.0 Å². The van der Waals surface area contributed by atoms with Gasteiger partial charge in [-0.05, 0) is 50.8 Å². The topological polar surface area (TPSA) is 35.5 Å². The fraction of sp³-hybridized carbons (Fsp3) is 0.562. The summed E-state index contributed by atoms with van der Waals surface area (Å²) in [6.45, 7) is 8.93. The van der Waals surface area contributed by atoms with E-state index < -0.39 is 0 Å². The van der Waals surface area contributed by atoms with Crippen LogP contribution in [0, 0.1) is 0 Å². The van der Waals surface area contributed by atoms with Gasteiger partial charge in [-0.2, -0.15) is 0 Å². The molecule has 0 heterocycles. The minimum Gasteiger partial charge on any atom is -0.490 e. The highest BCUT2D eigenvalue weighted by atomic mass is 16.5. The summed E-state index contributed by atoms with van der Waals surface area (Å²) in [5, 5.41) is 0. The first-order valence-corrected chi connectivity index (χ1v) is 6.97. The van der Waals surface area contributed by atoms with Crippen LogP contribution in [-0.2, 0) is 4.79 Å². The van der Waals surface area contributed by atoms with Gasteiger partial charge in [-0.15, -0.1) is 0 Å². The fourth-order valence-electron chi connectivity index (χ4n) is 1.96. The van der Waals surface area contributed by atoms with E-state index >= 15 is 0 Å². The standard InChI is InChI=1S/C16H24O3/c1-5-18-15-10-9-14(11-16(15)19-6-2)12(3)7-8-13(4)17/h9-12H,5-8H2,1-4H3. The smallest absolute Gasteiger partial charge is 0.161 e. The maximum absolute atomic E-state index is 11.0. The fourth-order valence-corrected chi connectivity index (χ4v) is 1.96. The van der Waals surface area contributed by atoms with Crippen molar-refractivity contribution in [3.63, 3.8) is 0 Å². The molecule has 1 rings (SSSR count). The number of carbonyl (C=O) groups is 1. The van der Waals surface area contributed by atoms with Crippen LogP contribution in [0.3, 0.4) is 0 Å². The van der Waals surface area contributed by atoms with Crippen molar-refractivity contribution in [3.05, 3.63) is 23.8 Å².